The zero-order valence-electron chi connectivity index (χ0n) is 13.5. The molecule has 1 aromatic heterocycles. The van der Waals surface area contributed by atoms with Crippen LogP contribution in [-0.2, 0) is 13.1 Å². The minimum absolute atomic E-state index is 0. The van der Waals surface area contributed by atoms with Gasteiger partial charge in [0.1, 0.15) is 0 Å². The molecular weight excluding hydrogens is 487 g/mol. The van der Waals surface area contributed by atoms with Gasteiger partial charge in [0.05, 0.1) is 17.7 Å². The van der Waals surface area contributed by atoms with Crippen LogP contribution >= 0.6 is 51.2 Å². The van der Waals surface area contributed by atoms with Gasteiger partial charge in [-0.3, -0.25) is 0 Å². The highest BCUT2D eigenvalue weighted by molar-refractivity contribution is 14.0. The Bertz CT molecular complexity index is 645. The predicted molar refractivity (Wildman–Crippen MR) is 113 cm³/mol. The molecule has 1 aromatic carbocycles. The molecular formula is C16H22BrIN4S. The molecule has 0 saturated carbocycles. The van der Waals surface area contributed by atoms with Crippen LogP contribution in [0.2, 0.25) is 0 Å². The molecule has 0 amide bonds. The van der Waals surface area contributed by atoms with Crippen molar-refractivity contribution in [2.75, 3.05) is 13.6 Å². The monoisotopic (exact) mass is 508 g/mol. The average molecular weight is 509 g/mol. The van der Waals surface area contributed by atoms with Crippen molar-refractivity contribution in [2.24, 2.45) is 4.99 Å². The molecule has 2 rings (SSSR count). The first-order valence-corrected chi connectivity index (χ1v) is 8.91. The van der Waals surface area contributed by atoms with E-state index in [0.717, 1.165) is 29.2 Å². The molecule has 0 aliphatic heterocycles. The fourth-order valence-electron chi connectivity index (χ4n) is 2.05. The third-order valence-corrected chi connectivity index (χ3v) is 4.97. The van der Waals surface area contributed by atoms with E-state index in [1.807, 2.05) is 18.5 Å². The zero-order valence-corrected chi connectivity index (χ0v) is 18.3. The van der Waals surface area contributed by atoms with Gasteiger partial charge < -0.3 is 10.2 Å². The van der Waals surface area contributed by atoms with Crippen LogP contribution in [0.15, 0.2) is 39.2 Å². The summed E-state index contributed by atoms with van der Waals surface area (Å²) in [5.41, 5.74) is 4.18. The van der Waals surface area contributed by atoms with Crippen molar-refractivity contribution in [2.45, 2.75) is 26.9 Å². The Labute approximate surface area is 167 Å². The van der Waals surface area contributed by atoms with Crippen molar-refractivity contribution < 1.29 is 0 Å². The van der Waals surface area contributed by atoms with E-state index in [1.54, 1.807) is 11.3 Å². The second-order valence-electron chi connectivity index (χ2n) is 4.98. The minimum atomic E-state index is 0. The number of halogens is 2. The Morgan fingerprint density at radius 1 is 1.39 bits per heavy atom. The van der Waals surface area contributed by atoms with Crippen LogP contribution in [0.4, 0.5) is 0 Å². The number of benzene rings is 1. The highest BCUT2D eigenvalue weighted by atomic mass is 127. The average Bonchev–Trinajstić information content (AvgIpc) is 2.91. The van der Waals surface area contributed by atoms with Crippen LogP contribution in [0.1, 0.15) is 23.1 Å². The van der Waals surface area contributed by atoms with Crippen LogP contribution in [-0.4, -0.2) is 29.4 Å². The highest BCUT2D eigenvalue weighted by Gasteiger charge is 2.09. The maximum absolute atomic E-state index is 4.73. The summed E-state index contributed by atoms with van der Waals surface area (Å²) in [6, 6.07) is 8.27. The number of aryl methyl sites for hydroxylation is 1. The number of rotatable bonds is 5. The van der Waals surface area contributed by atoms with Gasteiger partial charge >= 0.3 is 0 Å². The van der Waals surface area contributed by atoms with Crippen molar-refractivity contribution in [1.82, 2.24) is 15.2 Å². The van der Waals surface area contributed by atoms with Crippen molar-refractivity contribution in [3.05, 3.63) is 50.4 Å². The van der Waals surface area contributed by atoms with Crippen molar-refractivity contribution in [1.29, 1.82) is 0 Å². The molecule has 2 aromatic rings. The van der Waals surface area contributed by atoms with Gasteiger partial charge in [0.2, 0.25) is 0 Å². The maximum Gasteiger partial charge on any atom is 0.194 e. The van der Waals surface area contributed by atoms with E-state index in [-0.39, 0.29) is 24.0 Å². The number of hydrogen-bond acceptors (Lipinski definition) is 3. The largest absolute Gasteiger partial charge is 0.357 e. The quantitative estimate of drug-likeness (QED) is 0.369. The lowest BCUT2D eigenvalue weighted by Gasteiger charge is -2.22. The lowest BCUT2D eigenvalue weighted by molar-refractivity contribution is 0.476. The first-order valence-electron chi connectivity index (χ1n) is 7.23. The zero-order chi connectivity index (χ0) is 15.9. The van der Waals surface area contributed by atoms with Gasteiger partial charge in [-0.25, -0.2) is 9.98 Å². The van der Waals surface area contributed by atoms with Crippen LogP contribution in [0.25, 0.3) is 0 Å². The summed E-state index contributed by atoms with van der Waals surface area (Å²) >= 11 is 5.26. The van der Waals surface area contributed by atoms with Gasteiger partial charge in [-0.15, -0.1) is 35.3 Å². The Balaban J connectivity index is 0.00000264. The Hall–Kier alpha value is -0.670. The van der Waals surface area contributed by atoms with Gasteiger partial charge in [0, 0.05) is 29.5 Å². The summed E-state index contributed by atoms with van der Waals surface area (Å²) in [7, 11) is 2.06. The maximum atomic E-state index is 4.73. The lowest BCUT2D eigenvalue weighted by atomic mass is 10.2. The predicted octanol–water partition coefficient (Wildman–Crippen LogP) is 4.43. The molecule has 0 atom stereocenters. The molecule has 126 valence electrons. The molecule has 4 nitrogen and oxygen atoms in total. The highest BCUT2D eigenvalue weighted by Crippen LogP contribution is 2.18. The van der Waals surface area contributed by atoms with Gasteiger partial charge in [-0.05, 0) is 25.5 Å². The molecule has 0 aliphatic rings. The molecule has 0 aliphatic carbocycles. The second-order valence-corrected chi connectivity index (χ2v) is 6.77. The van der Waals surface area contributed by atoms with E-state index in [1.165, 1.54) is 10.4 Å². The lowest BCUT2D eigenvalue weighted by Crippen LogP contribution is -2.38. The Kier molecular flexibility index (Phi) is 9.08. The molecule has 1 N–H and O–H groups in total. The third kappa shape index (κ3) is 6.04. The van der Waals surface area contributed by atoms with E-state index in [2.05, 4.69) is 63.3 Å². The fourth-order valence-corrected chi connectivity index (χ4v) is 3.16. The second kappa shape index (κ2) is 10.2. The van der Waals surface area contributed by atoms with Crippen molar-refractivity contribution in [3.8, 4) is 0 Å². The Morgan fingerprint density at radius 2 is 2.13 bits per heavy atom. The number of nitrogens with one attached hydrogen (secondary N) is 1. The van der Waals surface area contributed by atoms with Crippen LogP contribution in [0, 0.1) is 6.92 Å². The topological polar surface area (TPSA) is 40.5 Å². The Morgan fingerprint density at radius 3 is 2.74 bits per heavy atom. The standard InChI is InChI=1S/C16H21BrN4S.HI/c1-4-18-16(19-9-15-12(2)20-11-22-15)21(3)10-13-7-5-6-8-14(13)17;/h5-8,11H,4,9-10H2,1-3H3,(H,18,19);1H. The molecule has 0 bridgehead atoms. The van der Waals surface area contributed by atoms with E-state index >= 15 is 0 Å². The molecule has 7 heteroatoms. The summed E-state index contributed by atoms with van der Waals surface area (Å²) in [6.45, 7) is 6.42. The van der Waals surface area contributed by atoms with Crippen LogP contribution < -0.4 is 5.32 Å². The molecule has 0 radical (unpaired) electrons. The smallest absolute Gasteiger partial charge is 0.194 e. The molecule has 0 spiro atoms. The normalized spacial score (nSPS) is 11.0. The summed E-state index contributed by atoms with van der Waals surface area (Å²) in [4.78, 5) is 12.4. The third-order valence-electron chi connectivity index (χ3n) is 3.28. The molecule has 0 unspecified atom stereocenters. The van der Waals surface area contributed by atoms with Gasteiger partial charge in [-0.2, -0.15) is 0 Å². The van der Waals surface area contributed by atoms with Gasteiger partial charge in [0.15, 0.2) is 5.96 Å². The van der Waals surface area contributed by atoms with E-state index in [0.29, 0.717) is 6.54 Å². The molecule has 1 heterocycles. The number of nitrogens with zero attached hydrogens (tertiary/aromatic N) is 3. The van der Waals surface area contributed by atoms with Crippen molar-refractivity contribution >= 4 is 57.2 Å². The minimum Gasteiger partial charge on any atom is -0.357 e. The summed E-state index contributed by atoms with van der Waals surface area (Å²) in [6.07, 6.45) is 0. The van der Waals surface area contributed by atoms with Crippen molar-refractivity contribution in [3.63, 3.8) is 0 Å². The summed E-state index contributed by atoms with van der Waals surface area (Å²) in [5, 5.41) is 3.35. The number of aliphatic imine (C=N–C) groups is 1. The van der Waals surface area contributed by atoms with E-state index in [4.69, 9.17) is 4.99 Å². The summed E-state index contributed by atoms with van der Waals surface area (Å²) in [5.74, 6) is 0.908. The SMILES string of the molecule is CCNC(=NCc1scnc1C)N(C)Cc1ccccc1Br.I. The van der Waals surface area contributed by atoms with E-state index in [9.17, 15) is 0 Å². The van der Waals surface area contributed by atoms with Crippen LogP contribution in [0.3, 0.4) is 0 Å². The van der Waals surface area contributed by atoms with E-state index < -0.39 is 0 Å². The molecule has 23 heavy (non-hydrogen) atoms. The summed E-state index contributed by atoms with van der Waals surface area (Å²) < 4.78 is 1.12. The fraction of sp³-hybridized carbons (Fsp3) is 0.375. The van der Waals surface area contributed by atoms with Gasteiger partial charge in [0.25, 0.3) is 0 Å². The number of guanidine groups is 1. The number of aromatic nitrogens is 1. The molecule has 0 saturated heterocycles. The number of hydrogen-bond donors (Lipinski definition) is 1. The molecule has 0 fully saturated rings. The van der Waals surface area contributed by atoms with Crippen LogP contribution in [0.5, 0.6) is 0 Å². The van der Waals surface area contributed by atoms with Gasteiger partial charge in [-0.1, -0.05) is 34.1 Å². The first-order chi connectivity index (χ1) is 10.6. The first kappa shape index (κ1) is 20.4. The number of thiazole rings is 1.